The van der Waals surface area contributed by atoms with Crippen molar-refractivity contribution in [3.63, 3.8) is 0 Å². The van der Waals surface area contributed by atoms with Crippen LogP contribution in [0.2, 0.25) is 0 Å². The Morgan fingerprint density at radius 3 is 2.92 bits per heavy atom. The van der Waals surface area contributed by atoms with E-state index < -0.39 is 6.17 Å². The number of rotatable bonds is 1. The Bertz CT molecular complexity index is 309. The fraction of sp³-hybridized carbons (Fsp3) is 0.333. The van der Waals surface area contributed by atoms with E-state index in [4.69, 9.17) is 0 Å². The van der Waals surface area contributed by atoms with Crippen molar-refractivity contribution in [2.24, 2.45) is 0 Å². The average Bonchev–Trinajstić information content (AvgIpc) is 2.13. The van der Waals surface area contributed by atoms with Crippen LogP contribution in [-0.4, -0.2) is 35.1 Å². The number of pyridine rings is 1. The van der Waals surface area contributed by atoms with Gasteiger partial charge in [-0.3, -0.25) is 9.78 Å². The molecule has 0 aromatic carbocycles. The molecule has 2 rings (SSSR count). The Balaban J connectivity index is 2.06. The quantitative estimate of drug-likeness (QED) is 0.642. The molecular weight excluding hydrogens is 171 g/mol. The fourth-order valence-electron chi connectivity index (χ4n) is 1.26. The number of carbonyl (C=O) groups excluding carboxylic acids is 1. The summed E-state index contributed by atoms with van der Waals surface area (Å²) in [6.45, 7) is 0.432. The Hall–Kier alpha value is -1.45. The SMILES string of the molecule is O=C(c1cccnc1)N1CC(F)C1. The van der Waals surface area contributed by atoms with E-state index in [-0.39, 0.29) is 19.0 Å². The van der Waals surface area contributed by atoms with Gasteiger partial charge in [-0.2, -0.15) is 0 Å². The maximum atomic E-state index is 12.4. The summed E-state index contributed by atoms with van der Waals surface area (Å²) in [5, 5.41) is 0. The standard InChI is InChI=1S/C9H9FN2O/c10-8-5-12(6-8)9(13)7-2-1-3-11-4-7/h1-4,8H,5-6H2. The van der Waals surface area contributed by atoms with Gasteiger partial charge in [-0.25, -0.2) is 4.39 Å². The van der Waals surface area contributed by atoms with Crippen molar-refractivity contribution in [1.29, 1.82) is 0 Å². The Morgan fingerprint density at radius 2 is 2.38 bits per heavy atom. The van der Waals surface area contributed by atoms with Crippen LogP contribution >= 0.6 is 0 Å². The number of nitrogens with zero attached hydrogens (tertiary/aromatic N) is 2. The first-order valence-electron chi connectivity index (χ1n) is 4.11. The van der Waals surface area contributed by atoms with Gasteiger partial charge in [-0.05, 0) is 12.1 Å². The number of hydrogen-bond acceptors (Lipinski definition) is 2. The summed E-state index contributed by atoms with van der Waals surface area (Å²) in [6.07, 6.45) is 2.25. The zero-order valence-electron chi connectivity index (χ0n) is 6.98. The molecule has 0 N–H and O–H groups in total. The molecule has 0 unspecified atom stereocenters. The molecule has 13 heavy (non-hydrogen) atoms. The number of amides is 1. The summed E-state index contributed by atoms with van der Waals surface area (Å²) < 4.78 is 12.4. The second-order valence-electron chi connectivity index (χ2n) is 3.05. The van der Waals surface area contributed by atoms with Crippen LogP contribution in [0.3, 0.4) is 0 Å². The molecule has 0 radical (unpaired) electrons. The predicted octanol–water partition coefficient (Wildman–Crippen LogP) is 0.875. The lowest BCUT2D eigenvalue weighted by Gasteiger charge is -2.34. The highest BCUT2D eigenvalue weighted by Gasteiger charge is 2.30. The first-order chi connectivity index (χ1) is 6.27. The van der Waals surface area contributed by atoms with Crippen molar-refractivity contribution in [3.05, 3.63) is 30.1 Å². The van der Waals surface area contributed by atoms with E-state index in [1.807, 2.05) is 0 Å². The molecule has 0 atom stereocenters. The van der Waals surface area contributed by atoms with E-state index in [1.54, 1.807) is 18.3 Å². The number of likely N-dealkylation sites (tertiary alicyclic amines) is 1. The van der Waals surface area contributed by atoms with Crippen LogP contribution in [0.4, 0.5) is 4.39 Å². The van der Waals surface area contributed by atoms with Crippen molar-refractivity contribution in [1.82, 2.24) is 9.88 Å². The van der Waals surface area contributed by atoms with Crippen LogP contribution in [0.1, 0.15) is 10.4 Å². The molecule has 1 aliphatic rings. The van der Waals surface area contributed by atoms with Crippen LogP contribution in [0, 0.1) is 0 Å². The molecule has 3 nitrogen and oxygen atoms in total. The molecule has 4 heteroatoms. The highest BCUT2D eigenvalue weighted by atomic mass is 19.1. The van der Waals surface area contributed by atoms with Gasteiger partial charge in [0.2, 0.25) is 0 Å². The highest BCUT2D eigenvalue weighted by Crippen LogP contribution is 2.14. The third-order valence-electron chi connectivity index (χ3n) is 2.03. The van der Waals surface area contributed by atoms with Gasteiger partial charge in [0.15, 0.2) is 0 Å². The predicted molar refractivity (Wildman–Crippen MR) is 45.0 cm³/mol. The summed E-state index contributed by atoms with van der Waals surface area (Å²) in [7, 11) is 0. The molecule has 0 bridgehead atoms. The van der Waals surface area contributed by atoms with E-state index in [1.165, 1.54) is 11.1 Å². The second kappa shape index (κ2) is 3.12. The largest absolute Gasteiger partial charge is 0.333 e. The zero-order chi connectivity index (χ0) is 9.26. The molecule has 0 aliphatic carbocycles. The Morgan fingerprint density at radius 1 is 1.62 bits per heavy atom. The molecule has 0 saturated carbocycles. The fourth-order valence-corrected chi connectivity index (χ4v) is 1.26. The lowest BCUT2D eigenvalue weighted by molar-refractivity contribution is 0.0400. The molecule has 0 spiro atoms. The van der Waals surface area contributed by atoms with E-state index in [0.717, 1.165) is 0 Å². The van der Waals surface area contributed by atoms with E-state index in [0.29, 0.717) is 5.56 Å². The maximum Gasteiger partial charge on any atom is 0.255 e. The summed E-state index contributed by atoms with van der Waals surface area (Å²) in [5.41, 5.74) is 0.523. The minimum Gasteiger partial charge on any atom is -0.333 e. The molecule has 68 valence electrons. The van der Waals surface area contributed by atoms with Crippen molar-refractivity contribution >= 4 is 5.91 Å². The normalized spacial score (nSPS) is 16.8. The summed E-state index contributed by atoms with van der Waals surface area (Å²) in [5.74, 6) is -0.137. The monoisotopic (exact) mass is 180 g/mol. The topological polar surface area (TPSA) is 33.2 Å². The van der Waals surface area contributed by atoms with Gasteiger partial charge in [0.1, 0.15) is 6.17 Å². The number of aromatic nitrogens is 1. The first kappa shape index (κ1) is 8.16. The molecule has 1 fully saturated rings. The van der Waals surface area contributed by atoms with Crippen molar-refractivity contribution in [2.45, 2.75) is 6.17 Å². The van der Waals surface area contributed by atoms with Crippen molar-refractivity contribution < 1.29 is 9.18 Å². The lowest BCUT2D eigenvalue weighted by atomic mass is 10.1. The minimum absolute atomic E-state index is 0.137. The number of carbonyl (C=O) groups is 1. The molecule has 1 aromatic rings. The highest BCUT2D eigenvalue weighted by molar-refractivity contribution is 5.94. The van der Waals surface area contributed by atoms with Crippen LogP contribution in [0.15, 0.2) is 24.5 Å². The smallest absolute Gasteiger partial charge is 0.255 e. The van der Waals surface area contributed by atoms with Crippen LogP contribution in [0.25, 0.3) is 0 Å². The molecule has 1 amide bonds. The van der Waals surface area contributed by atoms with Gasteiger partial charge in [-0.1, -0.05) is 0 Å². The number of halogens is 1. The number of alkyl halides is 1. The first-order valence-corrected chi connectivity index (χ1v) is 4.11. The van der Waals surface area contributed by atoms with Gasteiger partial charge in [0, 0.05) is 12.4 Å². The second-order valence-corrected chi connectivity index (χ2v) is 3.05. The molecule has 1 aromatic heterocycles. The van der Waals surface area contributed by atoms with Crippen LogP contribution in [0.5, 0.6) is 0 Å². The lowest BCUT2D eigenvalue weighted by Crippen LogP contribution is -2.51. The van der Waals surface area contributed by atoms with Crippen LogP contribution < -0.4 is 0 Å². The minimum atomic E-state index is -0.847. The van der Waals surface area contributed by atoms with Crippen LogP contribution in [-0.2, 0) is 0 Å². The van der Waals surface area contributed by atoms with Gasteiger partial charge in [-0.15, -0.1) is 0 Å². The van der Waals surface area contributed by atoms with Gasteiger partial charge in [0.05, 0.1) is 18.7 Å². The Labute approximate surface area is 75.2 Å². The summed E-state index contributed by atoms with van der Waals surface area (Å²) >= 11 is 0. The molecule has 1 aliphatic heterocycles. The molecule has 2 heterocycles. The molecule has 1 saturated heterocycles. The average molecular weight is 180 g/mol. The van der Waals surface area contributed by atoms with Gasteiger partial charge >= 0.3 is 0 Å². The Kier molecular flexibility index (Phi) is 1.96. The van der Waals surface area contributed by atoms with Crippen molar-refractivity contribution in [2.75, 3.05) is 13.1 Å². The van der Waals surface area contributed by atoms with Crippen molar-refractivity contribution in [3.8, 4) is 0 Å². The van der Waals surface area contributed by atoms with E-state index >= 15 is 0 Å². The maximum absolute atomic E-state index is 12.4. The third kappa shape index (κ3) is 1.52. The number of hydrogen-bond donors (Lipinski definition) is 0. The molecular formula is C9H9FN2O. The van der Waals surface area contributed by atoms with Gasteiger partial charge in [0.25, 0.3) is 5.91 Å². The third-order valence-corrected chi connectivity index (χ3v) is 2.03. The summed E-state index contributed by atoms with van der Waals surface area (Å²) in [6, 6.07) is 3.38. The zero-order valence-corrected chi connectivity index (χ0v) is 6.98. The van der Waals surface area contributed by atoms with Gasteiger partial charge < -0.3 is 4.90 Å². The van der Waals surface area contributed by atoms with E-state index in [9.17, 15) is 9.18 Å². The summed E-state index contributed by atoms with van der Waals surface area (Å²) in [4.78, 5) is 16.8. The van der Waals surface area contributed by atoms with E-state index in [2.05, 4.69) is 4.98 Å².